The molecule has 0 aromatic heterocycles. The molecule has 0 heterocycles. The zero-order chi connectivity index (χ0) is 19.3. The van der Waals surface area contributed by atoms with Gasteiger partial charge < -0.3 is 10.6 Å². The maximum atomic E-state index is 12.8. The molecule has 2 atom stereocenters. The number of benzene rings is 2. The van der Waals surface area contributed by atoms with Crippen LogP contribution in [0.4, 0.5) is 24.5 Å². The number of nitrogens with zero attached hydrogens (tertiary/aromatic N) is 1. The fourth-order valence-electron chi connectivity index (χ4n) is 2.06. The predicted molar refractivity (Wildman–Crippen MR) is 101 cm³/mol. The second-order valence-electron chi connectivity index (χ2n) is 5.20. The van der Waals surface area contributed by atoms with Crippen molar-refractivity contribution in [3.63, 3.8) is 0 Å². The van der Waals surface area contributed by atoms with Crippen molar-refractivity contribution in [3.8, 4) is 6.07 Å². The summed E-state index contributed by atoms with van der Waals surface area (Å²) < 4.78 is 38.3. The van der Waals surface area contributed by atoms with E-state index in [4.69, 9.17) is 35.4 Å². The molecule has 2 aromatic carbocycles. The molecule has 0 saturated heterocycles. The van der Waals surface area contributed by atoms with E-state index in [1.165, 1.54) is 12.1 Å². The van der Waals surface area contributed by atoms with Crippen LogP contribution in [-0.2, 0) is 6.18 Å². The Bertz CT molecular complexity index is 836. The topological polar surface area (TPSA) is 47.9 Å². The lowest BCUT2D eigenvalue weighted by Gasteiger charge is -2.21. The van der Waals surface area contributed by atoms with E-state index < -0.39 is 23.2 Å². The van der Waals surface area contributed by atoms with Crippen LogP contribution < -0.4 is 10.6 Å². The third kappa shape index (κ3) is 5.24. The largest absolute Gasteiger partial charge is 0.416 e. The van der Waals surface area contributed by atoms with Crippen molar-refractivity contribution in [2.45, 2.75) is 11.7 Å². The number of halogens is 5. The molecule has 136 valence electrons. The van der Waals surface area contributed by atoms with Crippen LogP contribution in [0.2, 0.25) is 5.02 Å². The molecule has 9 heteroatoms. The van der Waals surface area contributed by atoms with Gasteiger partial charge in [-0.15, -0.1) is 0 Å². The Balaban J connectivity index is 2.11. The van der Waals surface area contributed by atoms with E-state index in [0.29, 0.717) is 10.7 Å². The monoisotopic (exact) mass is 417 g/mol. The van der Waals surface area contributed by atoms with E-state index in [9.17, 15) is 18.4 Å². The summed E-state index contributed by atoms with van der Waals surface area (Å²) in [5.74, 6) is -1.00. The number of thiocarbonyl (C=S) groups is 1. The van der Waals surface area contributed by atoms with E-state index >= 15 is 0 Å². The first kappa shape index (κ1) is 20.3. The Labute approximate surface area is 163 Å². The Morgan fingerprint density at radius 2 is 1.85 bits per heavy atom. The summed E-state index contributed by atoms with van der Waals surface area (Å²) in [4.78, 5) is 0.0973. The average Bonchev–Trinajstić information content (AvgIpc) is 2.57. The maximum absolute atomic E-state index is 12.8. The minimum Gasteiger partial charge on any atom is -0.368 e. The molecule has 0 saturated carbocycles. The molecule has 2 aromatic rings. The number of hydrogen-bond donors (Lipinski definition) is 2. The zero-order valence-electron chi connectivity index (χ0n) is 13.0. The summed E-state index contributed by atoms with van der Waals surface area (Å²) in [6, 6.07) is 13.3. The number of rotatable bonds is 5. The SMILES string of the molecule is N#CC(C(=S)Nc1ccccc1Cl)C(Cl)Nc1cccc(C(F)(F)F)c1. The van der Waals surface area contributed by atoms with E-state index in [2.05, 4.69) is 10.6 Å². The first-order chi connectivity index (χ1) is 12.2. The minimum absolute atomic E-state index is 0.0973. The number of nitrogens with one attached hydrogen (secondary N) is 2. The van der Waals surface area contributed by atoms with Gasteiger partial charge >= 0.3 is 6.18 Å². The molecule has 2 rings (SSSR count). The van der Waals surface area contributed by atoms with Gasteiger partial charge in [0.2, 0.25) is 0 Å². The molecule has 0 bridgehead atoms. The molecule has 0 radical (unpaired) electrons. The summed E-state index contributed by atoms with van der Waals surface area (Å²) >= 11 is 17.4. The van der Waals surface area contributed by atoms with Crippen LogP contribution in [0.1, 0.15) is 5.56 Å². The van der Waals surface area contributed by atoms with Crippen molar-refractivity contribution >= 4 is 51.8 Å². The Morgan fingerprint density at radius 1 is 1.15 bits per heavy atom. The van der Waals surface area contributed by atoms with Crippen molar-refractivity contribution in [3.05, 3.63) is 59.1 Å². The minimum atomic E-state index is -4.48. The zero-order valence-corrected chi connectivity index (χ0v) is 15.3. The molecular formula is C17H12Cl2F3N3S. The summed E-state index contributed by atoms with van der Waals surface area (Å²) in [7, 11) is 0. The van der Waals surface area contributed by atoms with Crippen LogP contribution in [0.5, 0.6) is 0 Å². The smallest absolute Gasteiger partial charge is 0.368 e. The Hall–Kier alpha value is -2.01. The molecule has 0 aliphatic carbocycles. The summed E-state index contributed by atoms with van der Waals surface area (Å²) in [5, 5.41) is 15.3. The van der Waals surface area contributed by atoms with Gasteiger partial charge in [-0.25, -0.2) is 0 Å². The van der Waals surface area contributed by atoms with Crippen molar-refractivity contribution in [2.24, 2.45) is 5.92 Å². The van der Waals surface area contributed by atoms with Crippen molar-refractivity contribution in [1.29, 1.82) is 5.26 Å². The molecule has 26 heavy (non-hydrogen) atoms. The molecule has 0 aliphatic rings. The molecule has 2 N–H and O–H groups in total. The van der Waals surface area contributed by atoms with Gasteiger partial charge in [-0.3, -0.25) is 0 Å². The highest BCUT2D eigenvalue weighted by atomic mass is 35.5. The third-order valence-electron chi connectivity index (χ3n) is 3.34. The lowest BCUT2D eigenvalue weighted by molar-refractivity contribution is -0.137. The van der Waals surface area contributed by atoms with Crippen molar-refractivity contribution < 1.29 is 13.2 Å². The molecular weight excluding hydrogens is 406 g/mol. The quantitative estimate of drug-likeness (QED) is 0.360. The first-order valence-corrected chi connectivity index (χ1v) is 8.47. The van der Waals surface area contributed by atoms with E-state index in [0.717, 1.165) is 12.1 Å². The van der Waals surface area contributed by atoms with Gasteiger partial charge in [-0.05, 0) is 30.3 Å². The number of para-hydroxylation sites is 1. The number of hydrogen-bond acceptors (Lipinski definition) is 3. The van der Waals surface area contributed by atoms with Gasteiger partial charge in [0, 0.05) is 5.69 Å². The molecule has 0 fully saturated rings. The summed E-state index contributed by atoms with van der Waals surface area (Å²) in [6.45, 7) is 0. The molecule has 0 spiro atoms. The lowest BCUT2D eigenvalue weighted by atomic mass is 10.1. The highest BCUT2D eigenvalue weighted by Gasteiger charge is 2.31. The number of anilines is 2. The van der Waals surface area contributed by atoms with Gasteiger partial charge in [0.25, 0.3) is 0 Å². The first-order valence-electron chi connectivity index (χ1n) is 7.25. The molecule has 3 nitrogen and oxygen atoms in total. The Morgan fingerprint density at radius 3 is 2.46 bits per heavy atom. The van der Waals surface area contributed by atoms with Crippen LogP contribution in [0.3, 0.4) is 0 Å². The number of nitriles is 1. The van der Waals surface area contributed by atoms with Gasteiger partial charge in [0.05, 0.1) is 22.3 Å². The summed E-state index contributed by atoms with van der Waals surface area (Å²) in [6.07, 6.45) is -4.48. The van der Waals surface area contributed by atoms with Gasteiger partial charge in [0.1, 0.15) is 16.4 Å². The predicted octanol–water partition coefficient (Wildman–Crippen LogP) is 5.91. The van der Waals surface area contributed by atoms with E-state index in [1.54, 1.807) is 24.3 Å². The third-order valence-corrected chi connectivity index (χ3v) is 4.39. The fraction of sp³-hybridized carbons (Fsp3) is 0.176. The second-order valence-corrected chi connectivity index (χ2v) is 6.52. The normalized spacial score (nSPS) is 13.4. The van der Waals surface area contributed by atoms with Crippen LogP contribution in [-0.4, -0.2) is 10.5 Å². The van der Waals surface area contributed by atoms with Gasteiger partial charge in [0.15, 0.2) is 0 Å². The van der Waals surface area contributed by atoms with Gasteiger partial charge in [-0.1, -0.05) is 53.6 Å². The fourth-order valence-corrected chi connectivity index (χ4v) is 2.92. The van der Waals surface area contributed by atoms with Crippen LogP contribution in [0.15, 0.2) is 48.5 Å². The second kappa shape index (κ2) is 8.58. The molecule has 2 unspecified atom stereocenters. The maximum Gasteiger partial charge on any atom is 0.416 e. The van der Waals surface area contributed by atoms with Gasteiger partial charge in [-0.2, -0.15) is 18.4 Å². The lowest BCUT2D eigenvalue weighted by Crippen LogP contribution is -2.32. The highest BCUT2D eigenvalue weighted by Crippen LogP contribution is 2.31. The molecule has 0 aliphatic heterocycles. The van der Waals surface area contributed by atoms with Crippen molar-refractivity contribution in [2.75, 3.05) is 10.6 Å². The Kier molecular flexibility index (Phi) is 6.70. The number of alkyl halides is 4. The molecule has 0 amide bonds. The van der Waals surface area contributed by atoms with E-state index in [-0.39, 0.29) is 10.7 Å². The van der Waals surface area contributed by atoms with Crippen LogP contribution in [0, 0.1) is 17.2 Å². The average molecular weight is 418 g/mol. The van der Waals surface area contributed by atoms with E-state index in [1.807, 2.05) is 6.07 Å². The summed E-state index contributed by atoms with van der Waals surface area (Å²) in [5.41, 5.74) is -1.24. The van der Waals surface area contributed by atoms with Crippen LogP contribution >= 0.6 is 35.4 Å². The standard InChI is InChI=1S/C17H12Cl2F3N3S/c18-13-6-1-2-7-14(13)25-16(26)12(9-23)15(19)24-11-5-3-4-10(8-11)17(20,21)22/h1-8,12,15,24H,(H,25,26). The highest BCUT2D eigenvalue weighted by molar-refractivity contribution is 7.80. The van der Waals surface area contributed by atoms with Crippen LogP contribution in [0.25, 0.3) is 0 Å². The van der Waals surface area contributed by atoms with Crippen molar-refractivity contribution in [1.82, 2.24) is 0 Å².